The van der Waals surface area contributed by atoms with Crippen molar-refractivity contribution in [3.63, 3.8) is 0 Å². The van der Waals surface area contributed by atoms with E-state index in [1.807, 2.05) is 41.9 Å². The number of fused-ring (bicyclic) bond motifs is 1. The maximum Gasteiger partial charge on any atom is 0.155 e. The summed E-state index contributed by atoms with van der Waals surface area (Å²) in [5, 5.41) is 3.38. The van der Waals surface area contributed by atoms with Gasteiger partial charge in [0, 0.05) is 25.0 Å². The molecule has 0 aromatic carbocycles. The smallest absolute Gasteiger partial charge is 0.155 e. The van der Waals surface area contributed by atoms with Gasteiger partial charge in [0.15, 0.2) is 5.65 Å². The lowest BCUT2D eigenvalue weighted by atomic mass is 10.3. The molecule has 3 aromatic heterocycles. The zero-order valence-electron chi connectivity index (χ0n) is 11.0. The molecule has 3 rings (SSSR count). The number of aryl methyl sites for hydroxylation is 1. The molecule has 20 heavy (non-hydrogen) atoms. The van der Waals surface area contributed by atoms with Gasteiger partial charge in [-0.2, -0.15) is 0 Å². The van der Waals surface area contributed by atoms with Gasteiger partial charge < -0.3 is 5.32 Å². The highest BCUT2D eigenvalue weighted by molar-refractivity contribution is 9.10. The van der Waals surface area contributed by atoms with E-state index in [-0.39, 0.29) is 0 Å². The van der Waals surface area contributed by atoms with Crippen LogP contribution in [0.1, 0.15) is 17.1 Å². The average Bonchev–Trinajstić information content (AvgIpc) is 2.82. The van der Waals surface area contributed by atoms with Gasteiger partial charge in [0.2, 0.25) is 0 Å². The fraction of sp³-hybridized carbons (Fsp3) is 0.214. The molecule has 0 unspecified atom stereocenters. The molecular formula is C14H14BrN5. The third kappa shape index (κ3) is 2.86. The van der Waals surface area contributed by atoms with Gasteiger partial charge in [-0.1, -0.05) is 6.07 Å². The Balaban J connectivity index is 1.69. The molecule has 0 saturated carbocycles. The normalized spacial score (nSPS) is 11.1. The van der Waals surface area contributed by atoms with Crippen LogP contribution in [-0.2, 0) is 13.1 Å². The third-order valence-electron chi connectivity index (χ3n) is 3.00. The van der Waals surface area contributed by atoms with Crippen molar-refractivity contribution in [3.8, 4) is 0 Å². The number of aromatic nitrogens is 4. The summed E-state index contributed by atoms with van der Waals surface area (Å²) in [5.74, 6) is 0. The summed E-state index contributed by atoms with van der Waals surface area (Å²) < 4.78 is 2.82. The molecule has 0 fully saturated rings. The lowest BCUT2D eigenvalue weighted by Crippen LogP contribution is -2.15. The summed E-state index contributed by atoms with van der Waals surface area (Å²) >= 11 is 3.37. The van der Waals surface area contributed by atoms with Crippen molar-refractivity contribution >= 4 is 21.6 Å². The van der Waals surface area contributed by atoms with Crippen LogP contribution in [0.5, 0.6) is 0 Å². The molecule has 0 aliphatic carbocycles. The second kappa shape index (κ2) is 5.68. The van der Waals surface area contributed by atoms with Crippen LogP contribution < -0.4 is 5.32 Å². The number of hydrogen-bond acceptors (Lipinski definition) is 4. The van der Waals surface area contributed by atoms with Crippen LogP contribution in [0.25, 0.3) is 5.65 Å². The van der Waals surface area contributed by atoms with Crippen molar-refractivity contribution in [1.82, 2.24) is 24.7 Å². The first kappa shape index (κ1) is 13.2. The zero-order valence-corrected chi connectivity index (χ0v) is 12.6. The largest absolute Gasteiger partial charge is 0.306 e. The van der Waals surface area contributed by atoms with E-state index in [0.29, 0.717) is 0 Å². The number of nitrogens with one attached hydrogen (secondary N) is 1. The van der Waals surface area contributed by atoms with E-state index in [1.165, 1.54) is 0 Å². The standard InChI is InChI=1S/C14H14BrN5/c1-10-3-2-4-11(19-10)5-16-6-12-7-18-14-8-17-13(15)9-20(12)14/h2-4,7-9,16H,5-6H2,1H3. The van der Waals surface area contributed by atoms with Crippen molar-refractivity contribution in [3.05, 3.63) is 58.5 Å². The molecule has 0 radical (unpaired) electrons. The quantitative estimate of drug-likeness (QED) is 0.798. The minimum atomic E-state index is 0.729. The maximum absolute atomic E-state index is 4.47. The highest BCUT2D eigenvalue weighted by atomic mass is 79.9. The first-order valence-electron chi connectivity index (χ1n) is 6.33. The molecule has 102 valence electrons. The van der Waals surface area contributed by atoms with Crippen molar-refractivity contribution in [2.75, 3.05) is 0 Å². The van der Waals surface area contributed by atoms with Crippen LogP contribution in [0.3, 0.4) is 0 Å². The van der Waals surface area contributed by atoms with E-state index < -0.39 is 0 Å². The molecule has 0 aliphatic heterocycles. The van der Waals surface area contributed by atoms with E-state index in [1.54, 1.807) is 6.20 Å². The molecule has 0 atom stereocenters. The van der Waals surface area contributed by atoms with E-state index in [9.17, 15) is 0 Å². The number of rotatable bonds is 4. The Kier molecular flexibility index (Phi) is 3.75. The molecule has 0 saturated heterocycles. The van der Waals surface area contributed by atoms with Gasteiger partial charge in [-0.15, -0.1) is 0 Å². The topological polar surface area (TPSA) is 55.1 Å². The fourth-order valence-corrected chi connectivity index (χ4v) is 2.37. The Morgan fingerprint density at radius 1 is 1.20 bits per heavy atom. The van der Waals surface area contributed by atoms with Gasteiger partial charge in [-0.3, -0.25) is 9.38 Å². The summed E-state index contributed by atoms with van der Waals surface area (Å²) in [7, 11) is 0. The Morgan fingerprint density at radius 3 is 2.95 bits per heavy atom. The lowest BCUT2D eigenvalue weighted by Gasteiger charge is -2.05. The summed E-state index contributed by atoms with van der Waals surface area (Å²) in [6, 6.07) is 6.05. The maximum atomic E-state index is 4.47. The van der Waals surface area contributed by atoms with E-state index in [0.717, 1.165) is 40.4 Å². The number of nitrogens with zero attached hydrogens (tertiary/aromatic N) is 4. The SMILES string of the molecule is Cc1cccc(CNCc2cnc3cnc(Br)cn23)n1. The van der Waals surface area contributed by atoms with Crippen molar-refractivity contribution < 1.29 is 0 Å². The van der Waals surface area contributed by atoms with Crippen molar-refractivity contribution in [1.29, 1.82) is 0 Å². The molecule has 1 N–H and O–H groups in total. The highest BCUT2D eigenvalue weighted by Gasteiger charge is 2.04. The summed E-state index contributed by atoms with van der Waals surface area (Å²) in [4.78, 5) is 13.0. The van der Waals surface area contributed by atoms with Crippen LogP contribution in [0.4, 0.5) is 0 Å². The molecule has 3 aromatic rings. The van der Waals surface area contributed by atoms with Crippen LogP contribution in [-0.4, -0.2) is 19.4 Å². The van der Waals surface area contributed by atoms with E-state index in [4.69, 9.17) is 0 Å². The molecule has 6 heteroatoms. The molecule has 0 amide bonds. The molecular weight excluding hydrogens is 318 g/mol. The first-order chi connectivity index (χ1) is 9.72. The van der Waals surface area contributed by atoms with Gasteiger partial charge >= 0.3 is 0 Å². The van der Waals surface area contributed by atoms with Crippen LogP contribution >= 0.6 is 15.9 Å². The molecule has 5 nitrogen and oxygen atoms in total. The van der Waals surface area contributed by atoms with Gasteiger partial charge in [-0.25, -0.2) is 9.97 Å². The van der Waals surface area contributed by atoms with Gasteiger partial charge in [-0.05, 0) is 35.0 Å². The Bertz CT molecular complexity index is 737. The number of halogens is 1. The third-order valence-corrected chi connectivity index (χ3v) is 3.41. The van der Waals surface area contributed by atoms with Crippen LogP contribution in [0, 0.1) is 6.92 Å². The van der Waals surface area contributed by atoms with Gasteiger partial charge in [0.1, 0.15) is 4.60 Å². The molecule has 0 spiro atoms. The van der Waals surface area contributed by atoms with Crippen molar-refractivity contribution in [2.24, 2.45) is 0 Å². The zero-order chi connectivity index (χ0) is 13.9. The average molecular weight is 332 g/mol. The summed E-state index contributed by atoms with van der Waals surface area (Å²) in [5.41, 5.74) is 4.02. The second-order valence-corrected chi connectivity index (χ2v) is 5.37. The molecule has 0 bridgehead atoms. The first-order valence-corrected chi connectivity index (χ1v) is 7.12. The second-order valence-electron chi connectivity index (χ2n) is 4.56. The van der Waals surface area contributed by atoms with E-state index in [2.05, 4.69) is 36.2 Å². The number of hydrogen-bond donors (Lipinski definition) is 1. The van der Waals surface area contributed by atoms with Gasteiger partial charge in [0.05, 0.1) is 23.8 Å². The van der Waals surface area contributed by atoms with Crippen LogP contribution in [0.2, 0.25) is 0 Å². The summed E-state index contributed by atoms with van der Waals surface area (Å²) in [6.45, 7) is 3.47. The molecule has 0 aliphatic rings. The minimum absolute atomic E-state index is 0.729. The Morgan fingerprint density at radius 2 is 2.10 bits per heavy atom. The summed E-state index contributed by atoms with van der Waals surface area (Å²) in [6.07, 6.45) is 5.53. The predicted molar refractivity (Wildman–Crippen MR) is 80.2 cm³/mol. The molecule has 3 heterocycles. The Hall–Kier alpha value is -1.79. The minimum Gasteiger partial charge on any atom is -0.306 e. The van der Waals surface area contributed by atoms with Crippen molar-refractivity contribution in [2.45, 2.75) is 20.0 Å². The lowest BCUT2D eigenvalue weighted by molar-refractivity contribution is 0.662. The monoisotopic (exact) mass is 331 g/mol. The van der Waals surface area contributed by atoms with Gasteiger partial charge in [0.25, 0.3) is 0 Å². The predicted octanol–water partition coefficient (Wildman–Crippen LogP) is 2.49. The number of imidazole rings is 1. The highest BCUT2D eigenvalue weighted by Crippen LogP contribution is 2.10. The fourth-order valence-electron chi connectivity index (χ4n) is 2.06. The van der Waals surface area contributed by atoms with E-state index >= 15 is 0 Å². The number of pyridine rings is 1. The van der Waals surface area contributed by atoms with Crippen LogP contribution in [0.15, 0.2) is 41.4 Å². The Labute approximate surface area is 125 Å².